The van der Waals surface area contributed by atoms with E-state index in [0.717, 1.165) is 17.5 Å². The smallest absolute Gasteiger partial charge is 0.347 e. The molecule has 0 radical (unpaired) electrons. The molecule has 0 amide bonds. The van der Waals surface area contributed by atoms with Gasteiger partial charge in [0.1, 0.15) is 11.1 Å². The first-order valence-electron chi connectivity index (χ1n) is 8.13. The maximum Gasteiger partial charge on any atom is 0.347 e. The fraction of sp³-hybridized carbons (Fsp3) is 0.474. The summed E-state index contributed by atoms with van der Waals surface area (Å²) in [6, 6.07) is 5.68. The van der Waals surface area contributed by atoms with Crippen molar-refractivity contribution in [2.24, 2.45) is 0 Å². The number of carbonyl (C=O) groups is 1. The zero-order valence-corrected chi connectivity index (χ0v) is 14.4. The molecule has 2 heterocycles. The molecule has 0 spiro atoms. The Labute approximate surface area is 136 Å². The van der Waals surface area contributed by atoms with E-state index in [1.165, 1.54) is 5.56 Å². The van der Waals surface area contributed by atoms with Crippen LogP contribution in [-0.2, 0) is 0 Å². The molecular formula is C19H23NO3. The lowest BCUT2D eigenvalue weighted by Crippen LogP contribution is -2.45. The van der Waals surface area contributed by atoms with E-state index in [-0.39, 0.29) is 16.9 Å². The van der Waals surface area contributed by atoms with Crippen LogP contribution in [0.1, 0.15) is 62.4 Å². The maximum absolute atomic E-state index is 12.1. The van der Waals surface area contributed by atoms with Crippen LogP contribution in [0.4, 0.5) is 5.69 Å². The lowest BCUT2D eigenvalue weighted by molar-refractivity contribution is 0.0985. The predicted molar refractivity (Wildman–Crippen MR) is 92.6 cm³/mol. The van der Waals surface area contributed by atoms with Crippen LogP contribution in [0.2, 0.25) is 0 Å². The molecule has 1 unspecified atom stereocenters. The molecule has 0 aliphatic carbocycles. The Balaban J connectivity index is 2.25. The number of anilines is 1. The number of rotatable bonds is 2. The number of hydrogen-bond acceptors (Lipinski definition) is 4. The fourth-order valence-corrected chi connectivity index (χ4v) is 3.57. The molecule has 3 rings (SSSR count). The number of carbonyl (C=O) groups excluding carboxylic acids is 1. The monoisotopic (exact) mass is 313 g/mol. The van der Waals surface area contributed by atoms with E-state index >= 15 is 0 Å². The van der Waals surface area contributed by atoms with Crippen LogP contribution < -0.4 is 10.5 Å². The Bertz CT molecular complexity index is 848. The van der Waals surface area contributed by atoms with E-state index in [1.807, 2.05) is 6.07 Å². The van der Waals surface area contributed by atoms with Crippen molar-refractivity contribution in [1.82, 2.24) is 0 Å². The molecule has 1 aromatic carbocycles. The summed E-state index contributed by atoms with van der Waals surface area (Å²) in [4.78, 5) is 26.2. The number of benzene rings is 1. The summed E-state index contributed by atoms with van der Waals surface area (Å²) >= 11 is 0. The van der Waals surface area contributed by atoms with Gasteiger partial charge in [-0.25, -0.2) is 4.79 Å². The van der Waals surface area contributed by atoms with Crippen LogP contribution in [-0.4, -0.2) is 18.4 Å². The molecule has 1 aliphatic heterocycles. The van der Waals surface area contributed by atoms with E-state index in [0.29, 0.717) is 17.9 Å². The summed E-state index contributed by atoms with van der Waals surface area (Å²) in [6.07, 6.45) is 1.36. The number of nitrogens with zero attached hydrogens (tertiary/aromatic N) is 1. The van der Waals surface area contributed by atoms with Crippen molar-refractivity contribution in [3.8, 4) is 0 Å². The molecule has 0 saturated heterocycles. The standard InChI is InChI=1S/C19H23NO3/c1-6-16(21)14-8-12-7-13-11(2)10-19(3,4)20(5)15(13)9-17(12)23-18(14)22/h7-9,11H,6,10H2,1-5H3. The predicted octanol–water partition coefficient (Wildman–Crippen LogP) is 4.11. The zero-order chi connectivity index (χ0) is 16.9. The molecule has 0 fully saturated rings. The van der Waals surface area contributed by atoms with Crippen LogP contribution in [0, 0.1) is 0 Å². The first-order chi connectivity index (χ1) is 10.7. The number of fused-ring (bicyclic) bond motifs is 2. The van der Waals surface area contributed by atoms with Gasteiger partial charge in [0.25, 0.3) is 0 Å². The van der Waals surface area contributed by atoms with Gasteiger partial charge in [-0.2, -0.15) is 0 Å². The van der Waals surface area contributed by atoms with Crippen molar-refractivity contribution in [2.45, 2.75) is 52.0 Å². The molecular weight excluding hydrogens is 290 g/mol. The van der Waals surface area contributed by atoms with Crippen LogP contribution in [0.5, 0.6) is 0 Å². The summed E-state index contributed by atoms with van der Waals surface area (Å²) in [5.41, 5.74) is 2.53. The summed E-state index contributed by atoms with van der Waals surface area (Å²) in [5.74, 6) is 0.238. The average Bonchev–Trinajstić information content (AvgIpc) is 2.49. The van der Waals surface area contributed by atoms with Gasteiger partial charge in [0.05, 0.1) is 0 Å². The molecule has 0 saturated carbocycles. The van der Waals surface area contributed by atoms with Gasteiger partial charge in [-0.05, 0) is 43.9 Å². The van der Waals surface area contributed by atoms with Gasteiger partial charge < -0.3 is 9.32 Å². The van der Waals surface area contributed by atoms with Crippen LogP contribution in [0.25, 0.3) is 11.0 Å². The Hall–Kier alpha value is -2.10. The van der Waals surface area contributed by atoms with Crippen molar-refractivity contribution in [1.29, 1.82) is 0 Å². The highest BCUT2D eigenvalue weighted by molar-refractivity contribution is 5.98. The van der Waals surface area contributed by atoms with Crippen LogP contribution in [0.3, 0.4) is 0 Å². The zero-order valence-electron chi connectivity index (χ0n) is 14.4. The molecule has 122 valence electrons. The number of Topliss-reactive ketones (excluding diaryl/α,β-unsaturated/α-hetero) is 1. The van der Waals surface area contributed by atoms with Gasteiger partial charge in [0, 0.05) is 36.1 Å². The molecule has 0 bridgehead atoms. The number of ketones is 1. The second kappa shape index (κ2) is 5.22. The van der Waals surface area contributed by atoms with Gasteiger partial charge in [-0.3, -0.25) is 4.79 Å². The third-order valence-corrected chi connectivity index (χ3v) is 5.11. The fourth-order valence-electron chi connectivity index (χ4n) is 3.57. The lowest BCUT2D eigenvalue weighted by Gasteiger charge is -2.45. The van der Waals surface area contributed by atoms with Crippen LogP contribution in [0.15, 0.2) is 27.4 Å². The van der Waals surface area contributed by atoms with Gasteiger partial charge in [0.2, 0.25) is 0 Å². The topological polar surface area (TPSA) is 50.5 Å². The first kappa shape index (κ1) is 15.8. The second-order valence-electron chi connectivity index (χ2n) is 7.15. The SMILES string of the molecule is CCC(=O)c1cc2cc3c(cc2oc1=O)N(C)C(C)(C)CC3C. The molecule has 4 heteroatoms. The van der Waals surface area contributed by atoms with Gasteiger partial charge in [-0.15, -0.1) is 0 Å². The van der Waals surface area contributed by atoms with E-state index in [4.69, 9.17) is 4.42 Å². The van der Waals surface area contributed by atoms with Gasteiger partial charge in [0.15, 0.2) is 5.78 Å². The van der Waals surface area contributed by atoms with E-state index in [1.54, 1.807) is 13.0 Å². The molecule has 1 aliphatic rings. The summed E-state index contributed by atoms with van der Waals surface area (Å²) in [6.45, 7) is 8.40. The Morgan fingerprint density at radius 2 is 2.04 bits per heavy atom. The average molecular weight is 313 g/mol. The van der Waals surface area contributed by atoms with Crippen molar-refractivity contribution in [3.05, 3.63) is 39.7 Å². The maximum atomic E-state index is 12.1. The summed E-state index contributed by atoms with van der Waals surface area (Å²) < 4.78 is 5.43. The summed E-state index contributed by atoms with van der Waals surface area (Å²) in [7, 11) is 2.07. The minimum atomic E-state index is -0.546. The molecule has 4 nitrogen and oxygen atoms in total. The highest BCUT2D eigenvalue weighted by Gasteiger charge is 2.34. The molecule has 1 atom stereocenters. The van der Waals surface area contributed by atoms with Gasteiger partial charge in [-0.1, -0.05) is 13.8 Å². The third-order valence-electron chi connectivity index (χ3n) is 5.11. The Morgan fingerprint density at radius 3 is 2.70 bits per heavy atom. The van der Waals surface area contributed by atoms with Crippen LogP contribution >= 0.6 is 0 Å². The highest BCUT2D eigenvalue weighted by atomic mass is 16.4. The van der Waals surface area contributed by atoms with Crippen molar-refractivity contribution in [3.63, 3.8) is 0 Å². The molecule has 1 aromatic heterocycles. The van der Waals surface area contributed by atoms with Crippen molar-refractivity contribution in [2.75, 3.05) is 11.9 Å². The molecule has 2 aromatic rings. The lowest BCUT2D eigenvalue weighted by atomic mass is 9.80. The Morgan fingerprint density at radius 1 is 1.35 bits per heavy atom. The summed E-state index contributed by atoms with van der Waals surface area (Å²) in [5, 5.41) is 0.820. The Kier molecular flexibility index (Phi) is 3.58. The third kappa shape index (κ3) is 2.46. The quantitative estimate of drug-likeness (QED) is 0.618. The van der Waals surface area contributed by atoms with Gasteiger partial charge >= 0.3 is 5.63 Å². The van der Waals surface area contributed by atoms with E-state index < -0.39 is 5.63 Å². The van der Waals surface area contributed by atoms with Crippen molar-refractivity contribution < 1.29 is 9.21 Å². The van der Waals surface area contributed by atoms with E-state index in [9.17, 15) is 9.59 Å². The van der Waals surface area contributed by atoms with E-state index in [2.05, 4.69) is 38.8 Å². The highest BCUT2D eigenvalue weighted by Crippen LogP contribution is 2.43. The number of hydrogen-bond donors (Lipinski definition) is 0. The minimum absolute atomic E-state index is 0.0541. The normalized spacial score (nSPS) is 19.7. The molecule has 0 N–H and O–H groups in total. The van der Waals surface area contributed by atoms with Crippen molar-refractivity contribution >= 4 is 22.4 Å². The molecule has 23 heavy (non-hydrogen) atoms. The second-order valence-corrected chi connectivity index (χ2v) is 7.15. The first-order valence-corrected chi connectivity index (χ1v) is 8.13. The minimum Gasteiger partial charge on any atom is -0.422 e. The largest absolute Gasteiger partial charge is 0.422 e.